The summed E-state index contributed by atoms with van der Waals surface area (Å²) in [5.41, 5.74) is 2.42. The summed E-state index contributed by atoms with van der Waals surface area (Å²) in [6.45, 7) is 2.96. The Morgan fingerprint density at radius 2 is 2.00 bits per heavy atom. The van der Waals surface area contributed by atoms with Crippen molar-refractivity contribution in [3.05, 3.63) is 23.8 Å². The van der Waals surface area contributed by atoms with Gasteiger partial charge in [0.1, 0.15) is 6.54 Å². The Labute approximate surface area is 117 Å². The quantitative estimate of drug-likeness (QED) is 0.780. The first-order chi connectivity index (χ1) is 9.66. The van der Waals surface area contributed by atoms with Crippen LogP contribution in [0.4, 0.5) is 11.4 Å². The molecule has 0 aliphatic carbocycles. The minimum Gasteiger partial charge on any atom is -0.382 e. The molecular formula is C14H18N4O2. The van der Waals surface area contributed by atoms with Crippen LogP contribution >= 0.6 is 0 Å². The van der Waals surface area contributed by atoms with Gasteiger partial charge in [-0.25, -0.2) is 0 Å². The van der Waals surface area contributed by atoms with Crippen LogP contribution in [0, 0.1) is 0 Å². The number of anilines is 2. The summed E-state index contributed by atoms with van der Waals surface area (Å²) >= 11 is 0. The van der Waals surface area contributed by atoms with Gasteiger partial charge in [0.25, 0.3) is 5.91 Å². The summed E-state index contributed by atoms with van der Waals surface area (Å²) in [5, 5.41) is 6.53. The normalized spacial score (nSPS) is 18.1. The first-order valence-corrected chi connectivity index (χ1v) is 6.81. The van der Waals surface area contributed by atoms with Gasteiger partial charge in [0.15, 0.2) is 0 Å². The summed E-state index contributed by atoms with van der Waals surface area (Å²) < 4.78 is 0. The van der Waals surface area contributed by atoms with E-state index in [1.807, 2.05) is 18.2 Å². The van der Waals surface area contributed by atoms with Gasteiger partial charge in [0.05, 0.1) is 16.9 Å². The number of nitrogens with one attached hydrogen (secondary N) is 2. The molecule has 0 saturated carbocycles. The van der Waals surface area contributed by atoms with Crippen LogP contribution in [0.1, 0.15) is 10.4 Å². The number of carbonyl (C=O) groups is 2. The number of rotatable bonds is 1. The number of piperazine rings is 1. The molecule has 1 saturated heterocycles. The summed E-state index contributed by atoms with van der Waals surface area (Å²) in [7, 11) is 1.76. The molecule has 20 heavy (non-hydrogen) atoms. The van der Waals surface area contributed by atoms with Crippen LogP contribution in [-0.4, -0.2) is 61.4 Å². The molecule has 106 valence electrons. The molecule has 2 amide bonds. The maximum atomic E-state index is 12.6. The molecule has 2 heterocycles. The van der Waals surface area contributed by atoms with E-state index in [1.165, 1.54) is 0 Å². The Bertz CT molecular complexity index is 558. The highest BCUT2D eigenvalue weighted by Gasteiger charge is 2.27. The molecule has 2 aliphatic heterocycles. The van der Waals surface area contributed by atoms with Gasteiger partial charge in [0, 0.05) is 33.2 Å². The van der Waals surface area contributed by atoms with E-state index >= 15 is 0 Å². The maximum Gasteiger partial charge on any atom is 0.256 e. The van der Waals surface area contributed by atoms with Crippen LogP contribution in [0.15, 0.2) is 18.2 Å². The van der Waals surface area contributed by atoms with Gasteiger partial charge in [-0.05, 0) is 12.1 Å². The van der Waals surface area contributed by atoms with Crippen molar-refractivity contribution in [3.8, 4) is 0 Å². The van der Waals surface area contributed by atoms with Gasteiger partial charge in [-0.1, -0.05) is 6.07 Å². The molecule has 0 atom stereocenters. The number of amides is 2. The Morgan fingerprint density at radius 1 is 1.20 bits per heavy atom. The molecular weight excluding hydrogens is 256 g/mol. The second-order valence-corrected chi connectivity index (χ2v) is 5.12. The van der Waals surface area contributed by atoms with Crippen molar-refractivity contribution < 1.29 is 9.59 Å². The van der Waals surface area contributed by atoms with E-state index in [1.54, 1.807) is 16.8 Å². The van der Waals surface area contributed by atoms with Gasteiger partial charge in [0.2, 0.25) is 5.91 Å². The standard InChI is InChI=1S/C14H18N4O2/c1-17-7-8-18(9-12(17)19)14(20)10-3-2-4-11-13(10)16-6-5-15-11/h2-4,15-16H,5-9H2,1H3. The SMILES string of the molecule is CN1CCN(C(=O)c2cccc3c2NCCN3)CC1=O. The highest BCUT2D eigenvalue weighted by molar-refractivity contribution is 6.04. The lowest BCUT2D eigenvalue weighted by Crippen LogP contribution is -2.50. The van der Waals surface area contributed by atoms with E-state index in [9.17, 15) is 9.59 Å². The molecule has 2 N–H and O–H groups in total. The van der Waals surface area contributed by atoms with E-state index < -0.39 is 0 Å². The van der Waals surface area contributed by atoms with Gasteiger partial charge in [-0.3, -0.25) is 9.59 Å². The lowest BCUT2D eigenvalue weighted by atomic mass is 10.1. The van der Waals surface area contributed by atoms with Crippen molar-refractivity contribution in [1.29, 1.82) is 0 Å². The van der Waals surface area contributed by atoms with Gasteiger partial charge < -0.3 is 20.4 Å². The monoisotopic (exact) mass is 274 g/mol. The fourth-order valence-corrected chi connectivity index (χ4v) is 2.56. The molecule has 0 unspecified atom stereocenters. The smallest absolute Gasteiger partial charge is 0.256 e. The van der Waals surface area contributed by atoms with Crippen LogP contribution in [0.2, 0.25) is 0 Å². The second kappa shape index (κ2) is 5.03. The fraction of sp³-hybridized carbons (Fsp3) is 0.429. The molecule has 2 aliphatic rings. The Morgan fingerprint density at radius 3 is 2.80 bits per heavy atom. The third-order valence-electron chi connectivity index (χ3n) is 3.78. The molecule has 3 rings (SSSR count). The summed E-state index contributed by atoms with van der Waals surface area (Å²) in [6, 6.07) is 5.63. The highest BCUT2D eigenvalue weighted by Crippen LogP contribution is 2.29. The molecule has 0 spiro atoms. The van der Waals surface area contributed by atoms with E-state index in [-0.39, 0.29) is 18.4 Å². The van der Waals surface area contributed by atoms with Crippen LogP contribution in [0.3, 0.4) is 0 Å². The lowest BCUT2D eigenvalue weighted by Gasteiger charge is -2.33. The van der Waals surface area contributed by atoms with Gasteiger partial charge >= 0.3 is 0 Å². The predicted molar refractivity (Wildman–Crippen MR) is 77.0 cm³/mol. The molecule has 0 aromatic heterocycles. The molecule has 6 nitrogen and oxygen atoms in total. The lowest BCUT2D eigenvalue weighted by molar-refractivity contribution is -0.133. The third-order valence-corrected chi connectivity index (χ3v) is 3.78. The summed E-state index contributed by atoms with van der Waals surface area (Å²) in [6.07, 6.45) is 0. The first kappa shape index (κ1) is 12.8. The van der Waals surface area contributed by atoms with E-state index in [4.69, 9.17) is 0 Å². The van der Waals surface area contributed by atoms with Crippen molar-refractivity contribution in [2.75, 3.05) is 50.4 Å². The van der Waals surface area contributed by atoms with Crippen LogP contribution in [-0.2, 0) is 4.79 Å². The predicted octanol–water partition coefficient (Wildman–Crippen LogP) is 0.438. The number of benzene rings is 1. The van der Waals surface area contributed by atoms with Crippen molar-refractivity contribution in [1.82, 2.24) is 9.80 Å². The topological polar surface area (TPSA) is 64.7 Å². The average Bonchev–Trinajstić information content (AvgIpc) is 2.49. The number of fused-ring (bicyclic) bond motifs is 1. The summed E-state index contributed by atoms with van der Waals surface area (Å²) in [4.78, 5) is 27.6. The Hall–Kier alpha value is -2.24. The average molecular weight is 274 g/mol. The fourth-order valence-electron chi connectivity index (χ4n) is 2.56. The minimum absolute atomic E-state index is 0.0134. The number of carbonyl (C=O) groups excluding carboxylic acids is 2. The Kier molecular flexibility index (Phi) is 3.22. The van der Waals surface area contributed by atoms with Crippen LogP contribution < -0.4 is 10.6 Å². The molecule has 1 aromatic carbocycles. The number of hydrogen-bond acceptors (Lipinski definition) is 4. The Balaban J connectivity index is 1.86. The number of nitrogens with zero attached hydrogens (tertiary/aromatic N) is 2. The van der Waals surface area contributed by atoms with Crippen LogP contribution in [0.25, 0.3) is 0 Å². The molecule has 1 aromatic rings. The molecule has 1 fully saturated rings. The zero-order chi connectivity index (χ0) is 14.1. The third kappa shape index (κ3) is 2.17. The van der Waals surface area contributed by atoms with Crippen molar-refractivity contribution in [2.45, 2.75) is 0 Å². The van der Waals surface area contributed by atoms with E-state index in [2.05, 4.69) is 10.6 Å². The molecule has 0 radical (unpaired) electrons. The number of likely N-dealkylation sites (N-methyl/N-ethyl adjacent to an activating group) is 1. The van der Waals surface area contributed by atoms with Crippen molar-refractivity contribution in [2.24, 2.45) is 0 Å². The first-order valence-electron chi connectivity index (χ1n) is 6.81. The number of para-hydroxylation sites is 1. The largest absolute Gasteiger partial charge is 0.382 e. The molecule has 6 heteroatoms. The van der Waals surface area contributed by atoms with Crippen molar-refractivity contribution >= 4 is 23.2 Å². The molecule has 0 bridgehead atoms. The zero-order valence-electron chi connectivity index (χ0n) is 11.5. The van der Waals surface area contributed by atoms with E-state index in [0.29, 0.717) is 18.7 Å². The second-order valence-electron chi connectivity index (χ2n) is 5.12. The summed E-state index contributed by atoms with van der Waals surface area (Å²) in [5.74, 6) is -0.0972. The zero-order valence-corrected chi connectivity index (χ0v) is 11.5. The van der Waals surface area contributed by atoms with E-state index in [0.717, 1.165) is 24.5 Å². The van der Waals surface area contributed by atoms with Crippen molar-refractivity contribution in [3.63, 3.8) is 0 Å². The minimum atomic E-state index is -0.0838. The maximum absolute atomic E-state index is 12.6. The van der Waals surface area contributed by atoms with Gasteiger partial charge in [-0.15, -0.1) is 0 Å². The number of hydrogen-bond donors (Lipinski definition) is 2. The van der Waals surface area contributed by atoms with Crippen LogP contribution in [0.5, 0.6) is 0 Å². The highest BCUT2D eigenvalue weighted by atomic mass is 16.2. The van der Waals surface area contributed by atoms with Gasteiger partial charge in [-0.2, -0.15) is 0 Å².